The fraction of sp³-hybridized carbons (Fsp3) is 0.324. The second kappa shape index (κ2) is 10.4. The maximum absolute atomic E-state index is 13.5. The van der Waals surface area contributed by atoms with Crippen LogP contribution in [0.4, 0.5) is 10.5 Å². The molecule has 3 aromatic carbocycles. The lowest BCUT2D eigenvalue weighted by Crippen LogP contribution is -2.49. The fourth-order valence-electron chi connectivity index (χ4n) is 6.72. The van der Waals surface area contributed by atoms with Crippen molar-refractivity contribution in [3.05, 3.63) is 93.3 Å². The Hall–Kier alpha value is -4.47. The van der Waals surface area contributed by atoms with E-state index in [9.17, 15) is 19.5 Å². The Morgan fingerprint density at radius 3 is 2.47 bits per heavy atom. The van der Waals surface area contributed by atoms with Crippen molar-refractivity contribution in [2.45, 2.75) is 44.9 Å². The highest BCUT2D eigenvalue weighted by atomic mass is 16.6. The lowest BCUT2D eigenvalue weighted by atomic mass is 9.76. The summed E-state index contributed by atoms with van der Waals surface area (Å²) >= 11 is 0. The molecule has 0 spiro atoms. The van der Waals surface area contributed by atoms with Gasteiger partial charge in [-0.2, -0.15) is 0 Å². The van der Waals surface area contributed by atoms with Gasteiger partial charge >= 0.3 is 6.09 Å². The van der Waals surface area contributed by atoms with Gasteiger partial charge < -0.3 is 25.0 Å². The highest BCUT2D eigenvalue weighted by Gasteiger charge is 2.43. The van der Waals surface area contributed by atoms with Gasteiger partial charge in [0.2, 0.25) is 0 Å². The molecular weight excluding hydrogens is 544 g/mol. The van der Waals surface area contributed by atoms with Crippen LogP contribution in [0.5, 0.6) is 5.75 Å². The topological polar surface area (TPSA) is 118 Å². The van der Waals surface area contributed by atoms with E-state index in [1.807, 2.05) is 54.6 Å². The van der Waals surface area contributed by atoms with Gasteiger partial charge in [-0.15, -0.1) is 0 Å². The maximum atomic E-state index is 13.5. The lowest BCUT2D eigenvalue weighted by molar-refractivity contribution is -0.140. The van der Waals surface area contributed by atoms with Crippen LogP contribution in [0.25, 0.3) is 22.0 Å². The number of aliphatic hydroxyl groups is 1. The molecule has 0 radical (unpaired) electrons. The SMILES string of the molecule is CC[C@@]1(O)C(=O)CCc2c1cc1n(c2=O)Cc2cc3cc(OC(=O)N4CCN(Cc5ccc(N)cc5)CC4)ccc3cc2-1. The number of pyridine rings is 1. The first-order valence-corrected chi connectivity index (χ1v) is 14.9. The zero-order valence-corrected chi connectivity index (χ0v) is 24.1. The molecule has 1 aromatic heterocycles. The van der Waals surface area contributed by atoms with Gasteiger partial charge in [0, 0.05) is 61.5 Å². The van der Waals surface area contributed by atoms with Crippen LogP contribution in [0, 0.1) is 0 Å². The lowest BCUT2D eigenvalue weighted by Gasteiger charge is -2.34. The third-order valence-electron chi connectivity index (χ3n) is 9.28. The molecule has 3 N–H and O–H groups in total. The number of nitrogen functional groups attached to an aromatic ring is 1. The van der Waals surface area contributed by atoms with Crippen molar-refractivity contribution in [3.63, 3.8) is 0 Å². The van der Waals surface area contributed by atoms with Crippen LogP contribution in [0.2, 0.25) is 0 Å². The first kappa shape index (κ1) is 27.4. The molecule has 1 amide bonds. The number of ether oxygens (including phenoxy) is 1. The third kappa shape index (κ3) is 4.69. The molecule has 1 fully saturated rings. The normalized spacial score (nSPS) is 19.7. The average Bonchev–Trinajstić information content (AvgIpc) is 3.37. The molecule has 3 aliphatic rings. The number of Topliss-reactive ketones (excluding diaryl/α,β-unsaturated/α-hetero) is 1. The number of nitrogens with zero attached hydrogens (tertiary/aromatic N) is 3. The summed E-state index contributed by atoms with van der Waals surface area (Å²) in [6.45, 7) is 5.69. The predicted molar refractivity (Wildman–Crippen MR) is 164 cm³/mol. The van der Waals surface area contributed by atoms with Gasteiger partial charge in [0.25, 0.3) is 5.56 Å². The zero-order valence-electron chi connectivity index (χ0n) is 24.1. The minimum Gasteiger partial charge on any atom is -0.410 e. The number of piperazine rings is 1. The van der Waals surface area contributed by atoms with Gasteiger partial charge in [-0.3, -0.25) is 14.5 Å². The molecule has 9 nitrogen and oxygen atoms in total. The van der Waals surface area contributed by atoms with Crippen molar-refractivity contribution in [3.8, 4) is 17.0 Å². The summed E-state index contributed by atoms with van der Waals surface area (Å²) in [5, 5.41) is 13.1. The minimum atomic E-state index is -1.62. The van der Waals surface area contributed by atoms with Crippen molar-refractivity contribution in [2.75, 3.05) is 31.9 Å². The highest BCUT2D eigenvalue weighted by Crippen LogP contribution is 2.40. The standard InChI is InChI=1S/C34H34N4O5/c1-2-34(42)29-18-30-28-17-22-5-8-26(16-23(22)15-24(28)20-38(30)32(40)27(29)9-10-31(34)39)43-33(41)37-13-11-36(12-14-37)19-21-3-6-25(35)7-4-21/h3-8,15-18,42H,2,9-14,19-20,35H2,1H3/t34-/m0/s1. The van der Waals surface area contributed by atoms with E-state index in [0.29, 0.717) is 48.6 Å². The maximum Gasteiger partial charge on any atom is 0.415 e. The Morgan fingerprint density at radius 2 is 1.72 bits per heavy atom. The molecule has 1 aliphatic carbocycles. The van der Waals surface area contributed by atoms with Crippen LogP contribution >= 0.6 is 0 Å². The van der Waals surface area contributed by atoms with Crippen molar-refractivity contribution >= 4 is 28.3 Å². The largest absolute Gasteiger partial charge is 0.415 e. The van der Waals surface area contributed by atoms with E-state index in [-0.39, 0.29) is 30.3 Å². The minimum absolute atomic E-state index is 0.143. The molecule has 1 saturated heterocycles. The molecule has 43 heavy (non-hydrogen) atoms. The number of carbonyl (C=O) groups excluding carboxylic acids is 2. The number of hydrogen-bond donors (Lipinski definition) is 2. The summed E-state index contributed by atoms with van der Waals surface area (Å²) in [5.41, 5.74) is 9.54. The Labute approximate surface area is 249 Å². The third-order valence-corrected chi connectivity index (χ3v) is 9.28. The zero-order chi connectivity index (χ0) is 29.9. The first-order valence-electron chi connectivity index (χ1n) is 14.9. The molecule has 7 rings (SSSR count). The number of carbonyl (C=O) groups is 2. The summed E-state index contributed by atoms with van der Waals surface area (Å²) in [5.74, 6) is 0.238. The summed E-state index contributed by atoms with van der Waals surface area (Å²) in [7, 11) is 0. The second-order valence-corrected chi connectivity index (χ2v) is 11.8. The van der Waals surface area contributed by atoms with E-state index in [1.165, 1.54) is 5.56 Å². The van der Waals surface area contributed by atoms with E-state index in [4.69, 9.17) is 10.5 Å². The smallest absolute Gasteiger partial charge is 0.410 e. The average molecular weight is 579 g/mol. The quantitative estimate of drug-likeness (QED) is 0.309. The van der Waals surface area contributed by atoms with Gasteiger partial charge in [0.15, 0.2) is 5.78 Å². The number of nitrogens with two attached hydrogens (primary N) is 1. The van der Waals surface area contributed by atoms with Crippen LogP contribution in [-0.4, -0.2) is 57.5 Å². The summed E-state index contributed by atoms with van der Waals surface area (Å²) in [4.78, 5) is 43.2. The number of rotatable bonds is 4. The number of amides is 1. The summed E-state index contributed by atoms with van der Waals surface area (Å²) in [6, 6.07) is 19.3. The van der Waals surface area contributed by atoms with E-state index in [0.717, 1.165) is 47.2 Å². The first-order chi connectivity index (χ1) is 20.7. The molecule has 1 atom stereocenters. The van der Waals surface area contributed by atoms with E-state index in [1.54, 1.807) is 22.5 Å². The number of hydrogen-bond acceptors (Lipinski definition) is 7. The van der Waals surface area contributed by atoms with E-state index >= 15 is 0 Å². The monoisotopic (exact) mass is 578 g/mol. The molecule has 0 saturated carbocycles. The molecule has 9 heteroatoms. The van der Waals surface area contributed by atoms with Crippen molar-refractivity contribution < 1.29 is 19.4 Å². The van der Waals surface area contributed by atoms with Crippen LogP contribution in [-0.2, 0) is 29.9 Å². The number of aromatic nitrogens is 1. The molecule has 4 aromatic rings. The van der Waals surface area contributed by atoms with Gasteiger partial charge in [-0.1, -0.05) is 25.1 Å². The van der Waals surface area contributed by atoms with Gasteiger partial charge in [0.1, 0.15) is 11.4 Å². The van der Waals surface area contributed by atoms with Crippen LogP contribution in [0.15, 0.2) is 65.5 Å². The molecule has 220 valence electrons. The highest BCUT2D eigenvalue weighted by molar-refractivity contribution is 5.93. The van der Waals surface area contributed by atoms with Crippen molar-refractivity contribution in [2.24, 2.45) is 0 Å². The van der Waals surface area contributed by atoms with Gasteiger partial charge in [0.05, 0.1) is 12.2 Å². The second-order valence-electron chi connectivity index (χ2n) is 11.8. The Morgan fingerprint density at radius 1 is 0.953 bits per heavy atom. The van der Waals surface area contributed by atoms with Crippen molar-refractivity contribution in [1.82, 2.24) is 14.4 Å². The fourth-order valence-corrected chi connectivity index (χ4v) is 6.72. The Bertz CT molecular complexity index is 1840. The number of ketones is 1. The summed E-state index contributed by atoms with van der Waals surface area (Å²) in [6.07, 6.45) is 0.381. The Kier molecular flexibility index (Phi) is 6.59. The molecular formula is C34H34N4O5. The van der Waals surface area contributed by atoms with E-state index < -0.39 is 5.60 Å². The van der Waals surface area contributed by atoms with Gasteiger partial charge in [-0.05, 0) is 77.2 Å². The number of fused-ring (bicyclic) bond motifs is 5. The summed E-state index contributed by atoms with van der Waals surface area (Å²) < 4.78 is 7.52. The van der Waals surface area contributed by atoms with Crippen LogP contribution < -0.4 is 16.0 Å². The number of benzene rings is 3. The molecule has 0 unspecified atom stereocenters. The van der Waals surface area contributed by atoms with Crippen LogP contribution in [0.3, 0.4) is 0 Å². The predicted octanol–water partition coefficient (Wildman–Crippen LogP) is 4.04. The van der Waals surface area contributed by atoms with Crippen LogP contribution in [0.1, 0.15) is 42.0 Å². The number of anilines is 1. The van der Waals surface area contributed by atoms with Gasteiger partial charge in [-0.25, -0.2) is 4.79 Å². The molecule has 0 bridgehead atoms. The molecule has 2 aliphatic heterocycles. The van der Waals surface area contributed by atoms with E-state index in [2.05, 4.69) is 4.90 Å². The Balaban J connectivity index is 1.08. The van der Waals surface area contributed by atoms with Crippen molar-refractivity contribution in [1.29, 1.82) is 0 Å². The molecule has 3 heterocycles.